The molecule has 1 N–H and O–H groups in total. The summed E-state index contributed by atoms with van der Waals surface area (Å²) >= 11 is 11.9. The molecule has 1 aliphatic carbocycles. The summed E-state index contributed by atoms with van der Waals surface area (Å²) in [5.41, 5.74) is 0. The van der Waals surface area contributed by atoms with E-state index >= 15 is 0 Å². The molecule has 1 aromatic rings. The van der Waals surface area contributed by atoms with E-state index in [4.69, 9.17) is 27.9 Å². The van der Waals surface area contributed by atoms with Crippen molar-refractivity contribution < 1.29 is 9.53 Å². The van der Waals surface area contributed by atoms with Crippen molar-refractivity contribution in [3.63, 3.8) is 0 Å². The molecule has 0 bridgehead atoms. The Balaban J connectivity index is 1.70. The van der Waals surface area contributed by atoms with Gasteiger partial charge >= 0.3 is 0 Å². The molecule has 0 atom stereocenters. The minimum absolute atomic E-state index is 0.144. The maximum Gasteiger partial charge on any atom is 0.223 e. The van der Waals surface area contributed by atoms with Gasteiger partial charge in [0.15, 0.2) is 0 Å². The van der Waals surface area contributed by atoms with Gasteiger partial charge in [-0.05, 0) is 25.0 Å². The summed E-state index contributed by atoms with van der Waals surface area (Å²) in [5, 5.41) is 3.79. The predicted molar refractivity (Wildman–Crippen MR) is 81.5 cm³/mol. The summed E-state index contributed by atoms with van der Waals surface area (Å²) in [5.74, 6) is 0.870. The number of carbonyl (C=O) groups excluding carboxylic acids is 1. The Morgan fingerprint density at radius 1 is 1.25 bits per heavy atom. The lowest BCUT2D eigenvalue weighted by molar-refractivity contribution is -0.126. The van der Waals surface area contributed by atoms with Crippen molar-refractivity contribution in [1.29, 1.82) is 0 Å². The van der Waals surface area contributed by atoms with Crippen molar-refractivity contribution >= 4 is 29.1 Å². The van der Waals surface area contributed by atoms with Crippen LogP contribution in [0.25, 0.3) is 0 Å². The number of nitrogens with one attached hydrogen (secondary N) is 1. The second kappa shape index (κ2) is 7.75. The number of amides is 1. The highest BCUT2D eigenvalue weighted by Gasteiger charge is 2.20. The van der Waals surface area contributed by atoms with Gasteiger partial charge in [-0.25, -0.2) is 0 Å². The first-order valence-electron chi connectivity index (χ1n) is 7.03. The van der Waals surface area contributed by atoms with Crippen LogP contribution in [0.5, 0.6) is 5.75 Å². The number of ether oxygens (including phenoxy) is 1. The monoisotopic (exact) mass is 315 g/mol. The van der Waals surface area contributed by atoms with Crippen LogP contribution in [0.15, 0.2) is 18.2 Å². The van der Waals surface area contributed by atoms with E-state index in [-0.39, 0.29) is 11.8 Å². The highest BCUT2D eigenvalue weighted by Crippen LogP contribution is 2.31. The molecule has 0 unspecified atom stereocenters. The first-order valence-corrected chi connectivity index (χ1v) is 7.78. The highest BCUT2D eigenvalue weighted by atomic mass is 35.5. The summed E-state index contributed by atoms with van der Waals surface area (Å²) in [6, 6.07) is 5.25. The molecule has 1 aromatic carbocycles. The average molecular weight is 316 g/mol. The molecule has 2 rings (SSSR count). The standard InChI is InChI=1S/C15H19Cl2NO2/c16-12-7-4-8-13(14(12)17)20-10-9-18-15(19)11-5-2-1-3-6-11/h4,7-8,11H,1-3,5-6,9-10H2,(H,18,19). The number of halogens is 2. The van der Waals surface area contributed by atoms with E-state index in [0.717, 1.165) is 25.7 Å². The van der Waals surface area contributed by atoms with Crippen LogP contribution in [-0.4, -0.2) is 19.1 Å². The summed E-state index contributed by atoms with van der Waals surface area (Å²) < 4.78 is 5.52. The van der Waals surface area contributed by atoms with Gasteiger partial charge in [0.1, 0.15) is 17.4 Å². The Bertz CT molecular complexity index is 459. The topological polar surface area (TPSA) is 38.3 Å². The van der Waals surface area contributed by atoms with E-state index in [0.29, 0.717) is 28.9 Å². The van der Waals surface area contributed by atoms with E-state index in [1.54, 1.807) is 18.2 Å². The first kappa shape index (κ1) is 15.5. The third-order valence-corrected chi connectivity index (χ3v) is 4.35. The summed E-state index contributed by atoms with van der Waals surface area (Å²) in [4.78, 5) is 11.9. The second-order valence-electron chi connectivity index (χ2n) is 5.03. The van der Waals surface area contributed by atoms with Crippen molar-refractivity contribution in [1.82, 2.24) is 5.32 Å². The Morgan fingerprint density at radius 2 is 2.00 bits per heavy atom. The van der Waals surface area contributed by atoms with Gasteiger partial charge in [0.2, 0.25) is 5.91 Å². The Kier molecular flexibility index (Phi) is 5.99. The van der Waals surface area contributed by atoms with E-state index in [1.165, 1.54) is 6.42 Å². The fraction of sp³-hybridized carbons (Fsp3) is 0.533. The van der Waals surface area contributed by atoms with E-state index in [2.05, 4.69) is 5.32 Å². The number of rotatable bonds is 5. The molecule has 5 heteroatoms. The van der Waals surface area contributed by atoms with Crippen molar-refractivity contribution in [2.24, 2.45) is 5.92 Å². The van der Waals surface area contributed by atoms with Crippen molar-refractivity contribution in [3.05, 3.63) is 28.2 Å². The van der Waals surface area contributed by atoms with Crippen molar-refractivity contribution in [2.45, 2.75) is 32.1 Å². The van der Waals surface area contributed by atoms with Gasteiger partial charge in [0.05, 0.1) is 11.6 Å². The molecular weight excluding hydrogens is 297 g/mol. The number of carbonyl (C=O) groups is 1. The molecule has 0 radical (unpaired) electrons. The number of hydrogen-bond donors (Lipinski definition) is 1. The third-order valence-electron chi connectivity index (χ3n) is 3.55. The van der Waals surface area contributed by atoms with E-state index in [9.17, 15) is 4.79 Å². The molecule has 3 nitrogen and oxygen atoms in total. The quantitative estimate of drug-likeness (QED) is 0.832. The molecule has 20 heavy (non-hydrogen) atoms. The van der Waals surface area contributed by atoms with Crippen LogP contribution in [0, 0.1) is 5.92 Å². The lowest BCUT2D eigenvalue weighted by atomic mass is 9.89. The minimum atomic E-state index is 0.144. The normalized spacial score (nSPS) is 15.9. The zero-order chi connectivity index (χ0) is 14.4. The summed E-state index contributed by atoms with van der Waals surface area (Å²) in [7, 11) is 0. The molecule has 0 saturated heterocycles. The van der Waals surface area contributed by atoms with Crippen LogP contribution < -0.4 is 10.1 Å². The molecule has 1 fully saturated rings. The molecule has 1 amide bonds. The number of benzene rings is 1. The SMILES string of the molecule is O=C(NCCOc1cccc(Cl)c1Cl)C1CCCCC1. The van der Waals surface area contributed by atoms with Gasteiger partial charge in [-0.2, -0.15) is 0 Å². The molecule has 110 valence electrons. The van der Waals surface area contributed by atoms with Gasteiger partial charge in [0.25, 0.3) is 0 Å². The Morgan fingerprint density at radius 3 is 2.75 bits per heavy atom. The van der Waals surface area contributed by atoms with Crippen LogP contribution >= 0.6 is 23.2 Å². The Hall–Kier alpha value is -0.930. The summed E-state index contributed by atoms with van der Waals surface area (Å²) in [6.07, 6.45) is 5.58. The van der Waals surface area contributed by atoms with Crippen molar-refractivity contribution in [2.75, 3.05) is 13.2 Å². The largest absolute Gasteiger partial charge is 0.490 e. The van der Waals surface area contributed by atoms with Gasteiger partial charge < -0.3 is 10.1 Å². The zero-order valence-corrected chi connectivity index (χ0v) is 12.8. The lowest BCUT2D eigenvalue weighted by Gasteiger charge is -2.20. The molecule has 1 aliphatic rings. The van der Waals surface area contributed by atoms with Crippen molar-refractivity contribution in [3.8, 4) is 5.75 Å². The smallest absolute Gasteiger partial charge is 0.223 e. The average Bonchev–Trinajstić information content (AvgIpc) is 2.48. The number of hydrogen-bond acceptors (Lipinski definition) is 2. The van der Waals surface area contributed by atoms with Crippen LogP contribution in [0.1, 0.15) is 32.1 Å². The van der Waals surface area contributed by atoms with Gasteiger partial charge in [-0.3, -0.25) is 4.79 Å². The van der Waals surface area contributed by atoms with E-state index < -0.39 is 0 Å². The van der Waals surface area contributed by atoms with Crippen LogP contribution in [0.4, 0.5) is 0 Å². The molecule has 0 heterocycles. The minimum Gasteiger partial charge on any atom is -0.490 e. The molecule has 1 saturated carbocycles. The molecule has 0 aliphatic heterocycles. The maximum absolute atomic E-state index is 11.9. The van der Waals surface area contributed by atoms with Crippen LogP contribution in [0.3, 0.4) is 0 Å². The third kappa shape index (κ3) is 4.29. The van der Waals surface area contributed by atoms with Gasteiger partial charge in [0, 0.05) is 5.92 Å². The molecular formula is C15H19Cl2NO2. The lowest BCUT2D eigenvalue weighted by Crippen LogP contribution is -2.34. The fourth-order valence-corrected chi connectivity index (χ4v) is 2.79. The van der Waals surface area contributed by atoms with Crippen LogP contribution in [-0.2, 0) is 4.79 Å². The van der Waals surface area contributed by atoms with E-state index in [1.807, 2.05) is 0 Å². The first-order chi connectivity index (χ1) is 9.68. The van der Waals surface area contributed by atoms with Crippen LogP contribution in [0.2, 0.25) is 10.0 Å². The molecule has 0 aromatic heterocycles. The Labute approximate surface area is 129 Å². The van der Waals surface area contributed by atoms with Gasteiger partial charge in [-0.1, -0.05) is 48.5 Å². The zero-order valence-electron chi connectivity index (χ0n) is 11.3. The predicted octanol–water partition coefficient (Wildman–Crippen LogP) is 4.07. The fourth-order valence-electron chi connectivity index (χ4n) is 2.44. The van der Waals surface area contributed by atoms with Gasteiger partial charge in [-0.15, -0.1) is 0 Å². The molecule has 0 spiro atoms. The summed E-state index contributed by atoms with van der Waals surface area (Å²) in [6.45, 7) is 0.872. The highest BCUT2D eigenvalue weighted by molar-refractivity contribution is 6.42. The maximum atomic E-state index is 11.9. The second-order valence-corrected chi connectivity index (χ2v) is 5.81.